The van der Waals surface area contributed by atoms with Gasteiger partial charge in [-0.1, -0.05) is 25.5 Å². The summed E-state index contributed by atoms with van der Waals surface area (Å²) >= 11 is 0. The van der Waals surface area contributed by atoms with Crippen molar-refractivity contribution in [2.24, 2.45) is 0 Å². The average molecular weight is 156 g/mol. The highest BCUT2D eigenvalue weighted by Crippen LogP contribution is 1.98. The van der Waals surface area contributed by atoms with Crippen molar-refractivity contribution in [1.82, 2.24) is 0 Å². The van der Waals surface area contributed by atoms with E-state index in [1.54, 1.807) is 0 Å². The molecule has 0 atom stereocenters. The summed E-state index contributed by atoms with van der Waals surface area (Å²) in [5.41, 5.74) is 0. The van der Waals surface area contributed by atoms with E-state index in [1.165, 1.54) is 0 Å². The summed E-state index contributed by atoms with van der Waals surface area (Å²) in [6.45, 7) is 2.13. The lowest BCUT2D eigenvalue weighted by Gasteiger charge is -1.89. The van der Waals surface area contributed by atoms with Crippen molar-refractivity contribution in [2.75, 3.05) is 0 Å². The number of carboxylic acid groups (broad SMARTS) is 1. The Morgan fingerprint density at radius 2 is 2.00 bits per heavy atom. The van der Waals surface area contributed by atoms with Crippen LogP contribution in [0.25, 0.3) is 0 Å². The second-order valence-electron chi connectivity index (χ2n) is 2.55. The van der Waals surface area contributed by atoms with E-state index in [0.717, 1.165) is 25.7 Å². The highest BCUT2D eigenvalue weighted by molar-refractivity contribution is 5.66. The van der Waals surface area contributed by atoms with Crippen LogP contribution in [0.4, 0.5) is 0 Å². The number of aliphatic carboxylic acids is 1. The molecule has 2 nitrogen and oxygen atoms in total. The lowest BCUT2D eigenvalue weighted by molar-refractivity contribution is -0.137. The molecule has 1 N–H and O–H groups in total. The maximum absolute atomic E-state index is 10.1. The zero-order valence-electron chi connectivity index (χ0n) is 7.05. The van der Waals surface area contributed by atoms with Crippen molar-refractivity contribution in [3.63, 3.8) is 0 Å². The van der Waals surface area contributed by atoms with Crippen LogP contribution in [-0.4, -0.2) is 11.1 Å². The molecule has 0 heterocycles. The van der Waals surface area contributed by atoms with E-state index in [4.69, 9.17) is 5.11 Å². The fraction of sp³-hybridized carbons (Fsp3) is 0.667. The first kappa shape index (κ1) is 10.2. The summed E-state index contributed by atoms with van der Waals surface area (Å²) in [5.74, 6) is -0.700. The minimum Gasteiger partial charge on any atom is -0.481 e. The zero-order chi connectivity index (χ0) is 8.53. The summed E-state index contributed by atoms with van der Waals surface area (Å²) in [7, 11) is 0. The molecular formula is C9H16O2. The van der Waals surface area contributed by atoms with Crippen molar-refractivity contribution in [2.45, 2.75) is 39.0 Å². The molecular weight excluding hydrogens is 140 g/mol. The lowest BCUT2D eigenvalue weighted by atomic mass is 10.2. The first-order chi connectivity index (χ1) is 5.27. The summed E-state index contributed by atoms with van der Waals surface area (Å²) in [6, 6.07) is 0. The molecule has 0 aromatic carbocycles. The molecule has 0 bridgehead atoms. The fourth-order valence-electron chi connectivity index (χ4n) is 0.774. The van der Waals surface area contributed by atoms with Crippen LogP contribution in [-0.2, 0) is 4.79 Å². The predicted octanol–water partition coefficient (Wildman–Crippen LogP) is 2.60. The van der Waals surface area contributed by atoms with Crippen LogP contribution in [0.3, 0.4) is 0 Å². The van der Waals surface area contributed by atoms with E-state index in [-0.39, 0.29) is 6.42 Å². The van der Waals surface area contributed by atoms with Crippen LogP contribution in [0.5, 0.6) is 0 Å². The van der Waals surface area contributed by atoms with Gasteiger partial charge in [0.15, 0.2) is 0 Å². The van der Waals surface area contributed by atoms with Gasteiger partial charge in [0.25, 0.3) is 0 Å². The molecule has 0 saturated carbocycles. The summed E-state index contributed by atoms with van der Waals surface area (Å²) in [5, 5.41) is 8.29. The van der Waals surface area contributed by atoms with E-state index < -0.39 is 5.97 Å². The van der Waals surface area contributed by atoms with Crippen LogP contribution in [0, 0.1) is 0 Å². The molecule has 0 unspecified atom stereocenters. The molecule has 0 aromatic heterocycles. The third kappa shape index (κ3) is 9.21. The number of hydrogen-bond donors (Lipinski definition) is 1. The highest BCUT2D eigenvalue weighted by atomic mass is 16.4. The van der Waals surface area contributed by atoms with Gasteiger partial charge in [0, 0.05) is 6.42 Å². The van der Waals surface area contributed by atoms with Crippen molar-refractivity contribution < 1.29 is 9.90 Å². The Morgan fingerprint density at radius 3 is 2.55 bits per heavy atom. The Morgan fingerprint density at radius 1 is 1.36 bits per heavy atom. The van der Waals surface area contributed by atoms with E-state index in [2.05, 4.69) is 19.1 Å². The van der Waals surface area contributed by atoms with Crippen LogP contribution in [0.2, 0.25) is 0 Å². The number of allylic oxidation sites excluding steroid dienone is 2. The Balaban J connectivity index is 3.07. The molecule has 11 heavy (non-hydrogen) atoms. The maximum Gasteiger partial charge on any atom is 0.303 e. The first-order valence-corrected chi connectivity index (χ1v) is 4.14. The first-order valence-electron chi connectivity index (χ1n) is 4.14. The number of unbranched alkanes of at least 4 members (excludes halogenated alkanes) is 2. The van der Waals surface area contributed by atoms with E-state index in [0.29, 0.717) is 0 Å². The average Bonchev–Trinajstić information content (AvgIpc) is 1.96. The minimum atomic E-state index is -0.700. The molecule has 0 rings (SSSR count). The van der Waals surface area contributed by atoms with E-state index in [1.807, 2.05) is 0 Å². The van der Waals surface area contributed by atoms with Gasteiger partial charge >= 0.3 is 5.97 Å². The Hall–Kier alpha value is -0.790. The molecule has 0 radical (unpaired) electrons. The quantitative estimate of drug-likeness (QED) is 0.474. The molecule has 0 spiro atoms. The summed E-state index contributed by atoms with van der Waals surface area (Å²) in [4.78, 5) is 10.1. The normalized spacial score (nSPS) is 10.6. The second-order valence-corrected chi connectivity index (χ2v) is 2.55. The Bertz CT molecular complexity index is 128. The standard InChI is InChI=1S/C9H16O2/c1-2-3-4-5-6-7-8-9(10)11/h4-5H,2-3,6-8H2,1H3,(H,10,11)/b5-4-. The third-order valence-electron chi connectivity index (χ3n) is 1.38. The molecule has 0 fully saturated rings. The second kappa shape index (κ2) is 7.32. The van der Waals surface area contributed by atoms with Gasteiger partial charge < -0.3 is 5.11 Å². The molecule has 0 amide bonds. The predicted molar refractivity (Wildman–Crippen MR) is 45.5 cm³/mol. The van der Waals surface area contributed by atoms with Crippen molar-refractivity contribution in [3.05, 3.63) is 12.2 Å². The largest absolute Gasteiger partial charge is 0.481 e. The monoisotopic (exact) mass is 156 g/mol. The van der Waals surface area contributed by atoms with Gasteiger partial charge in [-0.05, 0) is 19.3 Å². The molecule has 0 saturated heterocycles. The van der Waals surface area contributed by atoms with Crippen LogP contribution < -0.4 is 0 Å². The summed E-state index contributed by atoms with van der Waals surface area (Å²) < 4.78 is 0. The maximum atomic E-state index is 10.1. The van der Waals surface area contributed by atoms with Gasteiger partial charge in [0.1, 0.15) is 0 Å². The van der Waals surface area contributed by atoms with Gasteiger partial charge in [0.05, 0.1) is 0 Å². The van der Waals surface area contributed by atoms with Crippen molar-refractivity contribution in [3.8, 4) is 0 Å². The number of carbonyl (C=O) groups is 1. The molecule has 0 aliphatic carbocycles. The lowest BCUT2D eigenvalue weighted by Crippen LogP contribution is -1.92. The Labute approximate surface area is 67.9 Å². The van der Waals surface area contributed by atoms with Gasteiger partial charge in [-0.15, -0.1) is 0 Å². The van der Waals surface area contributed by atoms with E-state index in [9.17, 15) is 4.79 Å². The van der Waals surface area contributed by atoms with Gasteiger partial charge in [-0.2, -0.15) is 0 Å². The number of hydrogen-bond acceptors (Lipinski definition) is 1. The van der Waals surface area contributed by atoms with Crippen molar-refractivity contribution in [1.29, 1.82) is 0 Å². The molecule has 0 aliphatic heterocycles. The number of carboxylic acids is 1. The zero-order valence-corrected chi connectivity index (χ0v) is 7.05. The van der Waals surface area contributed by atoms with Crippen LogP contribution >= 0.6 is 0 Å². The van der Waals surface area contributed by atoms with Gasteiger partial charge in [-0.3, -0.25) is 4.79 Å². The molecule has 0 aliphatic rings. The summed E-state index contributed by atoms with van der Waals surface area (Å²) in [6.07, 6.45) is 8.38. The Kier molecular flexibility index (Phi) is 6.79. The fourth-order valence-corrected chi connectivity index (χ4v) is 0.774. The third-order valence-corrected chi connectivity index (χ3v) is 1.38. The smallest absolute Gasteiger partial charge is 0.303 e. The molecule has 64 valence electrons. The molecule has 0 aromatic rings. The topological polar surface area (TPSA) is 37.3 Å². The van der Waals surface area contributed by atoms with Crippen LogP contribution in [0.15, 0.2) is 12.2 Å². The van der Waals surface area contributed by atoms with Crippen LogP contribution in [0.1, 0.15) is 39.0 Å². The van der Waals surface area contributed by atoms with Crippen molar-refractivity contribution >= 4 is 5.97 Å². The SMILES string of the molecule is CCC/C=C\CCCC(=O)O. The molecule has 2 heteroatoms. The van der Waals surface area contributed by atoms with E-state index >= 15 is 0 Å². The minimum absolute atomic E-state index is 0.288. The highest BCUT2D eigenvalue weighted by Gasteiger charge is 1.92. The van der Waals surface area contributed by atoms with Gasteiger partial charge in [0.2, 0.25) is 0 Å². The number of rotatable bonds is 6. The van der Waals surface area contributed by atoms with Gasteiger partial charge in [-0.25, -0.2) is 0 Å².